The van der Waals surface area contributed by atoms with Gasteiger partial charge in [-0.3, -0.25) is 0 Å². The molecule has 0 bridgehead atoms. The third kappa shape index (κ3) is 2.89. The van der Waals surface area contributed by atoms with E-state index in [0.717, 1.165) is 5.56 Å². The van der Waals surface area contributed by atoms with Crippen LogP contribution in [0.2, 0.25) is 0 Å². The molecule has 0 N–H and O–H groups in total. The van der Waals surface area contributed by atoms with Gasteiger partial charge in [0.15, 0.2) is 0 Å². The van der Waals surface area contributed by atoms with Crippen LogP contribution in [0.15, 0.2) is 42.5 Å². The predicted octanol–water partition coefficient (Wildman–Crippen LogP) is 5.78. The summed E-state index contributed by atoms with van der Waals surface area (Å²) in [5.41, 5.74) is 6.50. The molecule has 0 aromatic heterocycles. The number of benzene rings is 2. The highest BCUT2D eigenvalue weighted by molar-refractivity contribution is 5.70. The average Bonchev–Trinajstić information content (AvgIpc) is 2.38. The van der Waals surface area contributed by atoms with Gasteiger partial charge in [-0.1, -0.05) is 70.2 Å². The number of rotatable bonds is 3. The number of hydrogen-bond donors (Lipinski definition) is 0. The van der Waals surface area contributed by atoms with Crippen LogP contribution in [0.3, 0.4) is 0 Å². The normalized spacial score (nSPS) is 11.3. The van der Waals surface area contributed by atoms with Crippen molar-refractivity contribution in [1.82, 2.24) is 0 Å². The van der Waals surface area contributed by atoms with Crippen LogP contribution in [0.5, 0.6) is 0 Å². The Labute approximate surface area is 117 Å². The lowest BCUT2D eigenvalue weighted by molar-refractivity contribution is 0.862. The highest BCUT2D eigenvalue weighted by atomic mass is 14.2. The zero-order valence-electron chi connectivity index (χ0n) is 12.4. The van der Waals surface area contributed by atoms with Gasteiger partial charge in [-0.05, 0) is 46.6 Å². The Morgan fingerprint density at radius 2 is 1.42 bits per heavy atom. The fourth-order valence-corrected chi connectivity index (χ4v) is 2.59. The van der Waals surface area contributed by atoms with E-state index >= 15 is 0 Å². The zero-order chi connectivity index (χ0) is 14.0. The van der Waals surface area contributed by atoms with E-state index in [1.807, 2.05) is 0 Å². The second-order valence-corrected chi connectivity index (χ2v) is 5.81. The molecule has 2 rings (SSSR count). The minimum Gasteiger partial charge on any atom is -0.0614 e. The molecule has 0 unspecified atom stereocenters. The van der Waals surface area contributed by atoms with Gasteiger partial charge in [-0.2, -0.15) is 0 Å². The molecule has 0 aliphatic heterocycles. The molecular weight excluding hydrogens is 228 g/mol. The Balaban J connectivity index is 2.50. The summed E-state index contributed by atoms with van der Waals surface area (Å²) >= 11 is 0. The summed E-state index contributed by atoms with van der Waals surface area (Å²) in [6, 6.07) is 15.3. The second kappa shape index (κ2) is 5.61. The summed E-state index contributed by atoms with van der Waals surface area (Å²) in [6.07, 6.45) is 0. The predicted molar refractivity (Wildman–Crippen MR) is 84.5 cm³/mol. The van der Waals surface area contributed by atoms with Gasteiger partial charge in [-0.25, -0.2) is 0 Å². The first kappa shape index (κ1) is 13.9. The van der Waals surface area contributed by atoms with Crippen LogP contribution in [0.1, 0.15) is 56.2 Å². The van der Waals surface area contributed by atoms with Crippen molar-refractivity contribution in [2.24, 2.45) is 0 Å². The van der Waals surface area contributed by atoms with Gasteiger partial charge >= 0.3 is 0 Å². The van der Waals surface area contributed by atoms with Gasteiger partial charge in [0.25, 0.3) is 0 Å². The van der Waals surface area contributed by atoms with E-state index < -0.39 is 0 Å². The van der Waals surface area contributed by atoms with Crippen molar-refractivity contribution >= 4 is 0 Å². The Morgan fingerprint density at radius 1 is 0.789 bits per heavy atom. The van der Waals surface area contributed by atoms with Crippen molar-refractivity contribution < 1.29 is 0 Å². The Morgan fingerprint density at radius 3 is 1.95 bits per heavy atom. The molecule has 0 nitrogen and oxygen atoms in total. The monoisotopic (exact) mass is 251 g/mol. The summed E-state index contributed by atoms with van der Waals surface area (Å²) in [5, 5.41) is 0. The minimum atomic E-state index is 0.494. The summed E-state index contributed by atoms with van der Waals surface area (Å²) in [5.74, 6) is 1.08. The minimum absolute atomic E-state index is 0.494. The molecule has 2 aromatic carbocycles. The van der Waals surface area contributed by atoms with E-state index in [4.69, 9.17) is 0 Å². The summed E-state index contributed by atoms with van der Waals surface area (Å²) in [6.45, 7) is 13.1. The van der Waals surface area contributed by atoms with Crippen LogP contribution < -0.4 is 0 Å². The molecule has 19 heavy (non-hydrogen) atoms. The second-order valence-electron chi connectivity index (χ2n) is 5.81. The quantitative estimate of drug-likeness (QED) is 0.648. The van der Waals surface area contributed by atoms with Crippen LogP contribution in [0, 0.1) is 6.92 Å². The standard InChI is InChI=1S/C19H23/c1-13(2)16-9-11-17(12-10-16)18-8-6-7-15(5)19(18)14(3)4/h6-14H,5H2,1-4H3. The molecule has 99 valence electrons. The van der Waals surface area contributed by atoms with E-state index in [0.29, 0.717) is 11.8 Å². The van der Waals surface area contributed by atoms with Crippen molar-refractivity contribution in [2.45, 2.75) is 39.5 Å². The van der Waals surface area contributed by atoms with Crippen molar-refractivity contribution in [3.8, 4) is 11.1 Å². The molecule has 0 heteroatoms. The molecule has 0 aliphatic carbocycles. The topological polar surface area (TPSA) is 0 Å². The lowest BCUT2D eigenvalue weighted by Crippen LogP contribution is -1.96. The summed E-state index contributed by atoms with van der Waals surface area (Å²) < 4.78 is 0. The third-order valence-corrected chi connectivity index (χ3v) is 3.66. The van der Waals surface area contributed by atoms with Gasteiger partial charge in [0.2, 0.25) is 0 Å². The van der Waals surface area contributed by atoms with Crippen molar-refractivity contribution in [3.05, 3.63) is 66.1 Å². The van der Waals surface area contributed by atoms with Crippen molar-refractivity contribution in [3.63, 3.8) is 0 Å². The molecule has 1 radical (unpaired) electrons. The van der Waals surface area contributed by atoms with Crippen LogP contribution in [-0.4, -0.2) is 0 Å². The molecule has 0 fully saturated rings. The lowest BCUT2D eigenvalue weighted by atomic mass is 9.88. The smallest absolute Gasteiger partial charge is 0.0147 e. The van der Waals surface area contributed by atoms with Gasteiger partial charge in [0.1, 0.15) is 0 Å². The molecule has 0 heterocycles. The first-order valence-corrected chi connectivity index (χ1v) is 7.06. The molecule has 0 spiro atoms. The Kier molecular flexibility index (Phi) is 4.09. The number of hydrogen-bond acceptors (Lipinski definition) is 0. The van der Waals surface area contributed by atoms with Crippen molar-refractivity contribution in [1.29, 1.82) is 0 Å². The first-order chi connectivity index (χ1) is 9.00. The average molecular weight is 251 g/mol. The van der Waals surface area contributed by atoms with Crippen LogP contribution >= 0.6 is 0 Å². The van der Waals surface area contributed by atoms with E-state index in [-0.39, 0.29) is 0 Å². The maximum atomic E-state index is 4.17. The highest BCUT2D eigenvalue weighted by Crippen LogP contribution is 2.32. The Hall–Kier alpha value is -1.56. The fraction of sp³-hybridized carbons (Fsp3) is 0.316. The molecule has 2 aromatic rings. The highest BCUT2D eigenvalue weighted by Gasteiger charge is 2.11. The Bertz CT molecular complexity index is 545. The van der Waals surface area contributed by atoms with Crippen molar-refractivity contribution in [2.75, 3.05) is 0 Å². The summed E-state index contributed by atoms with van der Waals surface area (Å²) in [4.78, 5) is 0. The van der Waals surface area contributed by atoms with Crippen LogP contribution in [0.4, 0.5) is 0 Å². The maximum absolute atomic E-state index is 4.17. The van der Waals surface area contributed by atoms with Gasteiger partial charge in [-0.15, -0.1) is 0 Å². The largest absolute Gasteiger partial charge is 0.0614 e. The lowest BCUT2D eigenvalue weighted by Gasteiger charge is -2.16. The molecule has 0 amide bonds. The first-order valence-electron chi connectivity index (χ1n) is 7.06. The van der Waals surface area contributed by atoms with E-state index in [9.17, 15) is 0 Å². The molecule has 0 atom stereocenters. The third-order valence-electron chi connectivity index (χ3n) is 3.66. The SMILES string of the molecule is [CH2]c1cccc(-c2ccc(C(C)C)cc2)c1C(C)C. The maximum Gasteiger partial charge on any atom is -0.0147 e. The van der Waals surface area contributed by atoms with Gasteiger partial charge < -0.3 is 0 Å². The molecule has 0 saturated heterocycles. The van der Waals surface area contributed by atoms with Crippen LogP contribution in [0.25, 0.3) is 11.1 Å². The molecular formula is C19H23. The molecule has 0 aliphatic rings. The van der Waals surface area contributed by atoms with Gasteiger partial charge in [0, 0.05) is 0 Å². The van der Waals surface area contributed by atoms with Crippen LogP contribution in [-0.2, 0) is 0 Å². The van der Waals surface area contributed by atoms with E-state index in [1.54, 1.807) is 0 Å². The van der Waals surface area contributed by atoms with E-state index in [1.165, 1.54) is 22.3 Å². The molecule has 0 saturated carbocycles. The fourth-order valence-electron chi connectivity index (χ4n) is 2.59. The van der Waals surface area contributed by atoms with E-state index in [2.05, 4.69) is 77.1 Å². The van der Waals surface area contributed by atoms with Gasteiger partial charge in [0.05, 0.1) is 0 Å². The summed E-state index contributed by atoms with van der Waals surface area (Å²) in [7, 11) is 0. The zero-order valence-corrected chi connectivity index (χ0v) is 12.4.